The first-order valence-corrected chi connectivity index (χ1v) is 9.42. The van der Waals surface area contributed by atoms with Gasteiger partial charge in [-0.2, -0.15) is 26.3 Å². The molecule has 0 saturated carbocycles. The van der Waals surface area contributed by atoms with Crippen molar-refractivity contribution < 1.29 is 31.1 Å². The fourth-order valence-electron chi connectivity index (χ4n) is 3.63. The molecule has 3 rings (SSSR count). The summed E-state index contributed by atoms with van der Waals surface area (Å²) in [6.07, 6.45) is -9.34. The minimum atomic E-state index is -4.56. The highest BCUT2D eigenvalue weighted by molar-refractivity contribution is 5.78. The molecule has 162 valence electrons. The third-order valence-electron chi connectivity index (χ3n) is 5.52. The first-order chi connectivity index (χ1) is 13.8. The average Bonchev–Trinajstić information content (AvgIpc) is 2.65. The summed E-state index contributed by atoms with van der Waals surface area (Å²) in [7, 11) is 0. The van der Waals surface area contributed by atoms with Crippen molar-refractivity contribution in [2.24, 2.45) is 5.41 Å². The normalized spacial score (nSPS) is 17.6. The zero-order valence-electron chi connectivity index (χ0n) is 16.4. The largest absolute Gasteiger partial charge is 0.416 e. The Bertz CT molecular complexity index is 914. The number of fused-ring (bicyclic) bond motifs is 1. The predicted molar refractivity (Wildman–Crippen MR) is 99.6 cm³/mol. The van der Waals surface area contributed by atoms with Gasteiger partial charge in [-0.1, -0.05) is 50.2 Å². The summed E-state index contributed by atoms with van der Waals surface area (Å²) in [5, 5.41) is 0. The van der Waals surface area contributed by atoms with Gasteiger partial charge in [-0.3, -0.25) is 4.79 Å². The van der Waals surface area contributed by atoms with Crippen molar-refractivity contribution >= 4 is 5.91 Å². The maximum Gasteiger partial charge on any atom is 0.416 e. The van der Waals surface area contributed by atoms with E-state index in [0.717, 1.165) is 31.5 Å². The summed E-state index contributed by atoms with van der Waals surface area (Å²) in [5.74, 6) is -0.684. The van der Waals surface area contributed by atoms with Crippen LogP contribution in [0.15, 0.2) is 48.5 Å². The molecule has 0 aromatic heterocycles. The topological polar surface area (TPSA) is 20.3 Å². The summed E-state index contributed by atoms with van der Waals surface area (Å²) in [4.78, 5) is 14.3. The first kappa shape index (κ1) is 22.2. The van der Waals surface area contributed by atoms with Crippen molar-refractivity contribution in [2.75, 3.05) is 6.54 Å². The zero-order valence-corrected chi connectivity index (χ0v) is 16.4. The fourth-order valence-corrected chi connectivity index (χ4v) is 3.63. The van der Waals surface area contributed by atoms with E-state index in [4.69, 9.17) is 0 Å². The highest BCUT2D eigenvalue weighted by atomic mass is 19.4. The van der Waals surface area contributed by atoms with E-state index < -0.39 is 41.7 Å². The van der Waals surface area contributed by atoms with E-state index in [-0.39, 0.29) is 6.54 Å². The molecule has 1 aliphatic rings. The van der Waals surface area contributed by atoms with Gasteiger partial charge in [0.1, 0.15) is 0 Å². The van der Waals surface area contributed by atoms with Crippen LogP contribution in [-0.4, -0.2) is 23.5 Å². The lowest BCUT2D eigenvalue weighted by molar-refractivity contribution is -0.215. The average molecular weight is 429 g/mol. The summed E-state index contributed by atoms with van der Waals surface area (Å²) >= 11 is 0. The van der Waals surface area contributed by atoms with Gasteiger partial charge < -0.3 is 4.90 Å². The van der Waals surface area contributed by atoms with Crippen LogP contribution in [0.4, 0.5) is 26.3 Å². The van der Waals surface area contributed by atoms with Crippen molar-refractivity contribution in [1.82, 2.24) is 4.90 Å². The van der Waals surface area contributed by atoms with Crippen LogP contribution >= 0.6 is 0 Å². The number of halogens is 6. The molecule has 1 amide bonds. The van der Waals surface area contributed by atoms with Gasteiger partial charge >= 0.3 is 12.4 Å². The van der Waals surface area contributed by atoms with Crippen molar-refractivity contribution in [3.8, 4) is 0 Å². The number of hydrogen-bond acceptors (Lipinski definition) is 1. The molecule has 1 heterocycles. The highest BCUT2D eigenvalue weighted by Crippen LogP contribution is 2.43. The Hall–Kier alpha value is -2.51. The Morgan fingerprint density at radius 1 is 0.967 bits per heavy atom. The van der Waals surface area contributed by atoms with E-state index in [9.17, 15) is 31.1 Å². The predicted octanol–water partition coefficient (Wildman–Crippen LogP) is 6.16. The molecule has 0 fully saturated rings. The lowest BCUT2D eigenvalue weighted by Gasteiger charge is -2.39. The molecule has 0 aliphatic carbocycles. The second kappa shape index (κ2) is 7.63. The molecule has 2 nitrogen and oxygen atoms in total. The molecule has 2 aromatic carbocycles. The molecule has 1 atom stereocenters. The van der Waals surface area contributed by atoms with Gasteiger partial charge in [0.15, 0.2) is 0 Å². The van der Waals surface area contributed by atoms with Crippen molar-refractivity contribution in [1.29, 1.82) is 0 Å². The number of benzene rings is 2. The number of carbonyl (C=O) groups is 1. The number of carbonyl (C=O) groups excluding carboxylic acids is 1. The van der Waals surface area contributed by atoms with Crippen LogP contribution < -0.4 is 0 Å². The SMILES string of the molecule is CC(C)(CC(=O)N1CCc2ccccc2[C@H]1c1ccc(C(F)(F)F)cc1)C(F)(F)F. The van der Waals surface area contributed by atoms with Gasteiger partial charge in [0, 0.05) is 13.0 Å². The quantitative estimate of drug-likeness (QED) is 0.536. The molecular weight excluding hydrogens is 408 g/mol. The molecule has 0 N–H and O–H groups in total. The maximum atomic E-state index is 13.3. The van der Waals surface area contributed by atoms with Crippen LogP contribution in [0.3, 0.4) is 0 Å². The fraction of sp³-hybridized carbons (Fsp3) is 0.409. The second-order valence-corrected chi connectivity index (χ2v) is 8.12. The van der Waals surface area contributed by atoms with E-state index in [2.05, 4.69) is 0 Å². The van der Waals surface area contributed by atoms with Crippen molar-refractivity contribution in [3.63, 3.8) is 0 Å². The Balaban J connectivity index is 2.00. The molecule has 0 radical (unpaired) electrons. The molecule has 0 spiro atoms. The van der Waals surface area contributed by atoms with Gasteiger partial charge in [0.05, 0.1) is 17.0 Å². The Morgan fingerprint density at radius 3 is 2.13 bits per heavy atom. The van der Waals surface area contributed by atoms with Crippen molar-refractivity contribution in [3.05, 3.63) is 70.8 Å². The Morgan fingerprint density at radius 2 is 1.57 bits per heavy atom. The van der Waals surface area contributed by atoms with Gasteiger partial charge in [0.25, 0.3) is 0 Å². The Kier molecular flexibility index (Phi) is 5.64. The van der Waals surface area contributed by atoms with E-state index >= 15 is 0 Å². The maximum absolute atomic E-state index is 13.3. The molecule has 30 heavy (non-hydrogen) atoms. The number of rotatable bonds is 3. The number of nitrogens with zero attached hydrogens (tertiary/aromatic N) is 1. The minimum Gasteiger partial charge on any atom is -0.331 e. The van der Waals surface area contributed by atoms with Crippen LogP contribution in [0, 0.1) is 5.41 Å². The van der Waals surface area contributed by atoms with E-state index in [1.54, 1.807) is 12.1 Å². The molecular formula is C22H21F6NO. The van der Waals surface area contributed by atoms with Crippen LogP contribution in [0.1, 0.15) is 48.6 Å². The monoisotopic (exact) mass is 429 g/mol. The molecule has 2 aromatic rings. The van der Waals surface area contributed by atoms with Crippen LogP contribution in [0.2, 0.25) is 0 Å². The van der Waals surface area contributed by atoms with Crippen LogP contribution in [0.25, 0.3) is 0 Å². The second-order valence-electron chi connectivity index (χ2n) is 8.12. The number of hydrogen-bond donors (Lipinski definition) is 0. The first-order valence-electron chi connectivity index (χ1n) is 9.42. The zero-order chi connectivity index (χ0) is 22.3. The smallest absolute Gasteiger partial charge is 0.331 e. The van der Waals surface area contributed by atoms with E-state index in [1.807, 2.05) is 12.1 Å². The third-order valence-corrected chi connectivity index (χ3v) is 5.52. The Labute approximate surface area is 170 Å². The van der Waals surface area contributed by atoms with Gasteiger partial charge in [0.2, 0.25) is 5.91 Å². The lowest BCUT2D eigenvalue weighted by Crippen LogP contribution is -2.44. The molecule has 0 saturated heterocycles. The van der Waals surface area contributed by atoms with Crippen molar-refractivity contribution in [2.45, 2.75) is 45.1 Å². The van der Waals surface area contributed by atoms with E-state index in [0.29, 0.717) is 17.5 Å². The third kappa shape index (κ3) is 4.32. The number of alkyl halides is 6. The van der Waals surface area contributed by atoms with Crippen LogP contribution in [0.5, 0.6) is 0 Å². The lowest BCUT2D eigenvalue weighted by atomic mass is 9.84. The summed E-state index contributed by atoms with van der Waals surface area (Å²) < 4.78 is 78.7. The number of amides is 1. The molecule has 1 aliphatic heterocycles. The molecule has 8 heteroatoms. The summed E-state index contributed by atoms with van der Waals surface area (Å²) in [5.41, 5.74) is -0.992. The molecule has 0 unspecified atom stereocenters. The van der Waals surface area contributed by atoms with Gasteiger partial charge in [-0.25, -0.2) is 0 Å². The van der Waals surface area contributed by atoms with Gasteiger partial charge in [-0.05, 0) is 35.2 Å². The van der Waals surface area contributed by atoms with E-state index in [1.165, 1.54) is 17.0 Å². The van der Waals surface area contributed by atoms with Crippen LogP contribution in [-0.2, 0) is 17.4 Å². The molecule has 0 bridgehead atoms. The highest BCUT2D eigenvalue weighted by Gasteiger charge is 2.49. The van der Waals surface area contributed by atoms with Gasteiger partial charge in [-0.15, -0.1) is 0 Å². The standard InChI is InChI=1S/C22H21F6NO/c1-20(2,22(26,27)28)13-18(30)29-12-11-14-5-3-4-6-17(14)19(29)15-7-9-16(10-8-15)21(23,24)25/h3-10,19H,11-13H2,1-2H3/t19-/m1/s1. The summed E-state index contributed by atoms with van der Waals surface area (Å²) in [6.45, 7) is 2.13. The summed E-state index contributed by atoms with van der Waals surface area (Å²) in [6, 6.07) is 10.8. The minimum absolute atomic E-state index is 0.190.